The predicted octanol–water partition coefficient (Wildman–Crippen LogP) is 3.38. The zero-order valence-electron chi connectivity index (χ0n) is 16.0. The van der Waals surface area contributed by atoms with Gasteiger partial charge in [-0.15, -0.1) is 0 Å². The number of hydrogen-bond donors (Lipinski definition) is 0. The molecule has 6 aliphatic rings. The first-order valence-electron chi connectivity index (χ1n) is 10.6. The third-order valence-electron chi connectivity index (χ3n) is 8.01. The van der Waals surface area contributed by atoms with Gasteiger partial charge in [-0.05, 0) is 49.4 Å². The molecule has 4 saturated carbocycles. The van der Waals surface area contributed by atoms with Crippen LogP contribution in [0.25, 0.3) is 0 Å². The largest absolute Gasteiger partial charge is 0.465 e. The molecule has 0 amide bonds. The standard InChI is InChI=1S/C21H28O4S2/c1-21(2,7-24-19(22)13-5-9-3-11(13)17-15(9)26-17)8-25-20(23)14-6-10-4-12(14)18-16(10)27-18/h9-18H,3-8H2,1-2H3. The van der Waals surface area contributed by atoms with Crippen LogP contribution in [0.2, 0.25) is 0 Å². The Balaban J connectivity index is 0.978. The fourth-order valence-electron chi connectivity index (χ4n) is 6.54. The van der Waals surface area contributed by atoms with Crippen LogP contribution in [0.5, 0.6) is 0 Å². The van der Waals surface area contributed by atoms with Gasteiger partial charge in [0.05, 0.1) is 25.0 Å². The molecule has 0 aromatic carbocycles. The number of esters is 2. The van der Waals surface area contributed by atoms with E-state index in [1.165, 1.54) is 12.8 Å². The average molecular weight is 409 g/mol. The summed E-state index contributed by atoms with van der Waals surface area (Å²) in [4.78, 5) is 25.2. The molecule has 0 radical (unpaired) electrons. The Bertz CT molecular complexity index is 638. The smallest absolute Gasteiger partial charge is 0.309 e. The molecule has 148 valence electrons. The first kappa shape index (κ1) is 17.5. The van der Waals surface area contributed by atoms with Crippen molar-refractivity contribution in [2.24, 2.45) is 40.9 Å². The summed E-state index contributed by atoms with van der Waals surface area (Å²) in [7, 11) is 0. The van der Waals surface area contributed by atoms with Gasteiger partial charge in [-0.25, -0.2) is 0 Å². The molecule has 6 rings (SSSR count). The van der Waals surface area contributed by atoms with Gasteiger partial charge in [-0.3, -0.25) is 9.59 Å². The highest BCUT2D eigenvalue weighted by Crippen LogP contribution is 2.68. The highest BCUT2D eigenvalue weighted by molar-refractivity contribution is 8.08. The van der Waals surface area contributed by atoms with Gasteiger partial charge >= 0.3 is 11.9 Å². The lowest BCUT2D eigenvalue weighted by atomic mass is 9.88. The summed E-state index contributed by atoms with van der Waals surface area (Å²) in [6.45, 7) is 4.72. The average Bonchev–Trinajstić information content (AvgIpc) is 3.48. The van der Waals surface area contributed by atoms with Crippen LogP contribution < -0.4 is 0 Å². The fourth-order valence-corrected chi connectivity index (χ4v) is 9.82. The van der Waals surface area contributed by atoms with Crippen molar-refractivity contribution in [3.05, 3.63) is 0 Å². The maximum absolute atomic E-state index is 12.6. The summed E-state index contributed by atoms with van der Waals surface area (Å²) in [5, 5.41) is 3.18. The number of fused-ring (bicyclic) bond motifs is 10. The Morgan fingerprint density at radius 3 is 1.59 bits per heavy atom. The minimum atomic E-state index is -0.325. The summed E-state index contributed by atoms with van der Waals surface area (Å²) < 4.78 is 11.4. The van der Waals surface area contributed by atoms with Crippen LogP contribution in [-0.4, -0.2) is 46.2 Å². The van der Waals surface area contributed by atoms with Crippen LogP contribution >= 0.6 is 23.5 Å². The van der Waals surface area contributed by atoms with E-state index in [1.807, 2.05) is 13.8 Å². The number of carbonyl (C=O) groups is 2. The number of carbonyl (C=O) groups excluding carboxylic acids is 2. The number of ether oxygens (including phenoxy) is 2. The van der Waals surface area contributed by atoms with Crippen LogP contribution in [0.15, 0.2) is 0 Å². The molecule has 0 spiro atoms. The second kappa shape index (κ2) is 5.84. The topological polar surface area (TPSA) is 52.6 Å². The normalized spacial score (nSPS) is 50.3. The van der Waals surface area contributed by atoms with Gasteiger partial charge in [0.25, 0.3) is 0 Å². The molecule has 4 nitrogen and oxygen atoms in total. The van der Waals surface area contributed by atoms with E-state index in [-0.39, 0.29) is 29.2 Å². The zero-order chi connectivity index (χ0) is 18.5. The molecule has 10 unspecified atom stereocenters. The first-order chi connectivity index (χ1) is 12.9. The Kier molecular flexibility index (Phi) is 3.78. The third-order valence-corrected chi connectivity index (χ3v) is 11.3. The Morgan fingerprint density at radius 2 is 1.22 bits per heavy atom. The van der Waals surface area contributed by atoms with Crippen LogP contribution in [0.3, 0.4) is 0 Å². The molecular formula is C21H28O4S2. The van der Waals surface area contributed by atoms with Gasteiger partial charge in [-0.2, -0.15) is 23.5 Å². The lowest BCUT2D eigenvalue weighted by Crippen LogP contribution is -2.34. The maximum Gasteiger partial charge on any atom is 0.309 e. The molecule has 0 aromatic heterocycles. The van der Waals surface area contributed by atoms with E-state index in [4.69, 9.17) is 9.47 Å². The highest BCUT2D eigenvalue weighted by atomic mass is 32.2. The molecule has 2 heterocycles. The molecule has 2 saturated heterocycles. The zero-order valence-corrected chi connectivity index (χ0v) is 17.6. The molecule has 4 aliphatic carbocycles. The van der Waals surface area contributed by atoms with Crippen molar-refractivity contribution >= 4 is 35.5 Å². The van der Waals surface area contributed by atoms with Gasteiger partial charge < -0.3 is 9.47 Å². The molecule has 6 fully saturated rings. The van der Waals surface area contributed by atoms with Crippen LogP contribution in [0.1, 0.15) is 39.5 Å². The minimum absolute atomic E-state index is 0.0160. The molecule has 2 aliphatic heterocycles. The molecule has 0 N–H and O–H groups in total. The first-order valence-corrected chi connectivity index (χ1v) is 12.4. The molecule has 4 bridgehead atoms. The molecule has 10 atom stereocenters. The SMILES string of the molecule is CC(C)(COC(=O)C1CC2CC1C1SC21)COC(=O)C1CC2CC1C1SC21. The van der Waals surface area contributed by atoms with Crippen molar-refractivity contribution in [2.75, 3.05) is 13.2 Å². The Hall–Kier alpha value is -0.360. The number of thioether (sulfide) groups is 2. The molecular weight excluding hydrogens is 380 g/mol. The van der Waals surface area contributed by atoms with E-state index in [2.05, 4.69) is 23.5 Å². The van der Waals surface area contributed by atoms with Gasteiger partial charge in [0.2, 0.25) is 0 Å². The van der Waals surface area contributed by atoms with Gasteiger partial charge in [-0.1, -0.05) is 13.8 Å². The van der Waals surface area contributed by atoms with Crippen molar-refractivity contribution in [2.45, 2.75) is 60.5 Å². The van der Waals surface area contributed by atoms with Crippen molar-refractivity contribution in [3.63, 3.8) is 0 Å². The van der Waals surface area contributed by atoms with Crippen molar-refractivity contribution in [3.8, 4) is 0 Å². The number of rotatable bonds is 6. The summed E-state index contributed by atoms with van der Waals surface area (Å²) in [6.07, 6.45) is 4.51. The van der Waals surface area contributed by atoms with Crippen molar-refractivity contribution in [1.82, 2.24) is 0 Å². The maximum atomic E-state index is 12.6. The predicted molar refractivity (Wildman–Crippen MR) is 105 cm³/mol. The fraction of sp³-hybridized carbons (Fsp3) is 0.905. The monoisotopic (exact) mass is 408 g/mol. The lowest BCUT2D eigenvalue weighted by molar-refractivity contribution is -0.159. The molecule has 0 aromatic rings. The summed E-state index contributed by atoms with van der Waals surface area (Å²) in [5.74, 6) is 2.81. The van der Waals surface area contributed by atoms with E-state index >= 15 is 0 Å². The van der Waals surface area contributed by atoms with E-state index < -0.39 is 0 Å². The Morgan fingerprint density at radius 1 is 0.778 bits per heavy atom. The van der Waals surface area contributed by atoms with Gasteiger partial charge in [0, 0.05) is 26.4 Å². The summed E-state index contributed by atoms with van der Waals surface area (Å²) in [5.41, 5.74) is -0.325. The second-order valence-corrected chi connectivity index (χ2v) is 13.2. The van der Waals surface area contributed by atoms with Crippen LogP contribution in [-0.2, 0) is 19.1 Å². The summed E-state index contributed by atoms with van der Waals surface area (Å²) in [6, 6.07) is 0. The summed E-state index contributed by atoms with van der Waals surface area (Å²) >= 11 is 4.13. The van der Waals surface area contributed by atoms with Gasteiger partial charge in [0.15, 0.2) is 0 Å². The van der Waals surface area contributed by atoms with Crippen LogP contribution in [0.4, 0.5) is 0 Å². The van der Waals surface area contributed by atoms with E-state index in [0.717, 1.165) is 45.7 Å². The van der Waals surface area contributed by atoms with Crippen molar-refractivity contribution < 1.29 is 19.1 Å². The van der Waals surface area contributed by atoms with E-state index in [9.17, 15) is 9.59 Å². The van der Waals surface area contributed by atoms with Gasteiger partial charge in [0.1, 0.15) is 0 Å². The molecule has 6 heteroatoms. The van der Waals surface area contributed by atoms with E-state index in [0.29, 0.717) is 25.0 Å². The molecule has 27 heavy (non-hydrogen) atoms. The van der Waals surface area contributed by atoms with Crippen molar-refractivity contribution in [1.29, 1.82) is 0 Å². The minimum Gasteiger partial charge on any atom is -0.465 e. The third kappa shape index (κ3) is 2.79. The van der Waals surface area contributed by atoms with E-state index in [1.54, 1.807) is 0 Å². The quantitative estimate of drug-likeness (QED) is 0.496. The second-order valence-electron chi connectivity index (χ2n) is 10.5. The number of hydrogen-bond acceptors (Lipinski definition) is 6. The Labute approximate surface area is 169 Å². The van der Waals surface area contributed by atoms with Crippen LogP contribution in [0, 0.1) is 40.9 Å². The lowest BCUT2D eigenvalue weighted by Gasteiger charge is -2.27. The highest BCUT2D eigenvalue weighted by Gasteiger charge is 2.65.